The molecule has 2 heterocycles. The summed E-state index contributed by atoms with van der Waals surface area (Å²) in [6, 6.07) is 0. The van der Waals surface area contributed by atoms with E-state index in [1.807, 2.05) is 12.4 Å². The van der Waals surface area contributed by atoms with E-state index in [2.05, 4.69) is 20.6 Å². The van der Waals surface area contributed by atoms with Crippen LogP contribution in [0.2, 0.25) is 0 Å². The average Bonchev–Trinajstić information content (AvgIpc) is 3.79. The van der Waals surface area contributed by atoms with Crippen molar-refractivity contribution in [1.29, 1.82) is 0 Å². The van der Waals surface area contributed by atoms with Crippen molar-refractivity contribution < 1.29 is 28.7 Å². The summed E-state index contributed by atoms with van der Waals surface area (Å²) in [5.41, 5.74) is 13.0. The first kappa shape index (κ1) is 37.0. The molecule has 2 fully saturated rings. The van der Waals surface area contributed by atoms with Crippen LogP contribution in [0.15, 0.2) is 25.0 Å². The van der Waals surface area contributed by atoms with E-state index in [1.54, 1.807) is 21.8 Å². The first-order chi connectivity index (χ1) is 23.3. The lowest BCUT2D eigenvalue weighted by molar-refractivity contribution is -0.143. The van der Waals surface area contributed by atoms with Gasteiger partial charge in [0.2, 0.25) is 11.8 Å². The third-order valence-electron chi connectivity index (χ3n) is 9.76. The summed E-state index contributed by atoms with van der Waals surface area (Å²) in [6.07, 6.45) is 15.7. The number of carbonyl (C=O) groups excluding carboxylic acids is 4. The molecule has 6 unspecified atom stereocenters. The fourth-order valence-corrected chi connectivity index (χ4v) is 7.09. The van der Waals surface area contributed by atoms with Crippen molar-refractivity contribution in [2.24, 2.45) is 47.0 Å². The molecule has 14 nitrogen and oxygen atoms in total. The summed E-state index contributed by atoms with van der Waals surface area (Å²) >= 11 is 0. The second-order valence-electron chi connectivity index (χ2n) is 13.2. The number of amides is 2. The normalized spacial score (nSPS) is 22.6. The second-order valence-corrected chi connectivity index (χ2v) is 13.2. The van der Waals surface area contributed by atoms with Gasteiger partial charge in [-0.1, -0.05) is 12.8 Å². The Bertz CT molecular complexity index is 1240. The third kappa shape index (κ3) is 10.9. The monoisotopic (exact) mass is 670 g/mol. The van der Waals surface area contributed by atoms with Crippen LogP contribution in [-0.2, 0) is 54.6 Å². The van der Waals surface area contributed by atoms with Gasteiger partial charge in [-0.3, -0.25) is 19.2 Å². The van der Waals surface area contributed by atoms with Crippen molar-refractivity contribution in [3.8, 4) is 0 Å². The van der Waals surface area contributed by atoms with E-state index in [9.17, 15) is 19.2 Å². The van der Waals surface area contributed by atoms with Crippen LogP contribution in [0.4, 0.5) is 0 Å². The number of methoxy groups -OCH3 is 2. The van der Waals surface area contributed by atoms with Crippen molar-refractivity contribution in [3.05, 3.63) is 36.4 Å². The lowest BCUT2D eigenvalue weighted by Gasteiger charge is -2.07. The number of hydrogen-bond acceptors (Lipinski definition) is 10. The Labute approximate surface area is 283 Å². The summed E-state index contributed by atoms with van der Waals surface area (Å²) in [7, 11) is 2.85. The Balaban J connectivity index is 1.03. The van der Waals surface area contributed by atoms with Gasteiger partial charge in [-0.2, -0.15) is 0 Å². The van der Waals surface area contributed by atoms with E-state index in [4.69, 9.17) is 20.9 Å². The van der Waals surface area contributed by atoms with Gasteiger partial charge in [-0.15, -0.1) is 0 Å². The molecule has 0 aromatic carbocycles. The lowest BCUT2D eigenvalue weighted by Crippen LogP contribution is -2.28. The third-order valence-corrected chi connectivity index (χ3v) is 9.76. The van der Waals surface area contributed by atoms with Gasteiger partial charge in [0.25, 0.3) is 0 Å². The molecule has 2 aromatic heterocycles. The van der Waals surface area contributed by atoms with Gasteiger partial charge < -0.3 is 40.7 Å². The van der Waals surface area contributed by atoms with E-state index in [1.165, 1.54) is 14.2 Å². The fourth-order valence-electron chi connectivity index (χ4n) is 7.09. The van der Waals surface area contributed by atoms with Gasteiger partial charge >= 0.3 is 11.9 Å². The van der Waals surface area contributed by atoms with Crippen LogP contribution < -0.4 is 22.1 Å². The predicted molar refractivity (Wildman–Crippen MR) is 178 cm³/mol. The number of hydrogen-bond donors (Lipinski definition) is 4. The molecule has 6 N–H and O–H groups in total. The summed E-state index contributed by atoms with van der Waals surface area (Å²) in [5.74, 6) is 0.330. The molecule has 266 valence electrons. The molecule has 2 aromatic rings. The van der Waals surface area contributed by atoms with Gasteiger partial charge in [0.15, 0.2) is 0 Å². The number of carbonyl (C=O) groups is 4. The largest absolute Gasteiger partial charge is 0.469 e. The van der Waals surface area contributed by atoms with Crippen molar-refractivity contribution in [2.75, 3.05) is 40.4 Å². The first-order valence-electron chi connectivity index (χ1n) is 17.4. The molecule has 2 saturated carbocycles. The first-order valence-corrected chi connectivity index (χ1v) is 17.4. The SMILES string of the molecule is COC(=O)C1C(CCCN)C1Cc1cn(CC(=O)NCCCCCCNC(=O)Cn2cnc(CC3C(CCCN)C3C(=O)OC)c2)cn1. The highest BCUT2D eigenvalue weighted by molar-refractivity contribution is 5.77. The van der Waals surface area contributed by atoms with Crippen LogP contribution in [0.25, 0.3) is 0 Å². The molecule has 2 aliphatic rings. The van der Waals surface area contributed by atoms with Gasteiger partial charge in [0, 0.05) is 25.5 Å². The highest BCUT2D eigenvalue weighted by atomic mass is 16.5. The van der Waals surface area contributed by atoms with Gasteiger partial charge in [0.1, 0.15) is 13.1 Å². The lowest BCUT2D eigenvalue weighted by atomic mass is 10.1. The second kappa shape index (κ2) is 18.7. The standard InChI is InChI=1S/C34H54N8O6/c1-47-33(45)31-25(9-7-11-35)27(31)15-23-17-41(21-39-23)19-29(43)37-13-5-3-4-6-14-38-30(44)20-42-18-24(40-22-42)16-28-26(10-8-12-36)32(28)34(46)48-2/h17-18,21-22,25-28,31-32H,3-16,19-20,35-36H2,1-2H3,(H,37,43)(H,38,44). The number of aromatic nitrogens is 4. The van der Waals surface area contributed by atoms with E-state index < -0.39 is 0 Å². The molecule has 4 rings (SSSR count). The number of imidazole rings is 2. The van der Waals surface area contributed by atoms with E-state index in [0.29, 0.717) is 39.0 Å². The zero-order valence-corrected chi connectivity index (χ0v) is 28.5. The molecule has 14 heteroatoms. The van der Waals surface area contributed by atoms with E-state index >= 15 is 0 Å². The zero-order valence-electron chi connectivity index (χ0n) is 28.5. The molecule has 2 aliphatic carbocycles. The Morgan fingerprint density at radius 2 is 1.08 bits per heavy atom. The molecule has 0 bridgehead atoms. The highest BCUT2D eigenvalue weighted by Gasteiger charge is 2.55. The number of nitrogens with two attached hydrogens (primary N) is 2. The average molecular weight is 671 g/mol. The number of nitrogens with zero attached hydrogens (tertiary/aromatic N) is 4. The summed E-state index contributed by atoms with van der Waals surface area (Å²) in [5, 5.41) is 5.92. The van der Waals surface area contributed by atoms with E-state index in [0.717, 1.165) is 62.8 Å². The Morgan fingerprint density at radius 3 is 1.46 bits per heavy atom. The van der Waals surface area contributed by atoms with Crippen molar-refractivity contribution in [2.45, 2.75) is 77.3 Å². The zero-order chi connectivity index (χ0) is 34.5. The number of unbranched alkanes of at least 4 members (excludes halogenated alkanes) is 3. The van der Waals surface area contributed by atoms with E-state index in [-0.39, 0.29) is 72.3 Å². The quantitative estimate of drug-likeness (QED) is 0.0985. The number of esters is 2. The Morgan fingerprint density at radius 1 is 0.667 bits per heavy atom. The van der Waals surface area contributed by atoms with Crippen LogP contribution in [0.5, 0.6) is 0 Å². The topological polar surface area (TPSA) is 198 Å². The molecule has 0 aliphatic heterocycles. The summed E-state index contributed by atoms with van der Waals surface area (Å²) < 4.78 is 13.5. The molecule has 0 spiro atoms. The number of nitrogens with one attached hydrogen (secondary N) is 2. The number of rotatable bonds is 23. The molecule has 0 saturated heterocycles. The minimum atomic E-state index is -0.166. The maximum atomic E-state index is 12.4. The van der Waals surface area contributed by atoms with Gasteiger partial charge in [-0.25, -0.2) is 9.97 Å². The minimum Gasteiger partial charge on any atom is -0.469 e. The van der Waals surface area contributed by atoms with Crippen LogP contribution in [0, 0.1) is 35.5 Å². The van der Waals surface area contributed by atoms with Gasteiger partial charge in [0.05, 0.1) is 50.1 Å². The van der Waals surface area contributed by atoms with Crippen LogP contribution >= 0.6 is 0 Å². The van der Waals surface area contributed by atoms with Crippen molar-refractivity contribution in [3.63, 3.8) is 0 Å². The van der Waals surface area contributed by atoms with Crippen LogP contribution in [0.3, 0.4) is 0 Å². The molecule has 2 amide bonds. The smallest absolute Gasteiger partial charge is 0.309 e. The summed E-state index contributed by atoms with van der Waals surface area (Å²) in [4.78, 5) is 57.9. The highest BCUT2D eigenvalue weighted by Crippen LogP contribution is 2.52. The van der Waals surface area contributed by atoms with Crippen LogP contribution in [0.1, 0.15) is 62.8 Å². The Kier molecular flexibility index (Phi) is 14.4. The molecule has 0 radical (unpaired) electrons. The Hall–Kier alpha value is -3.78. The number of ether oxygens (including phenoxy) is 2. The maximum Gasteiger partial charge on any atom is 0.309 e. The molecular weight excluding hydrogens is 616 g/mol. The molecular formula is C34H54N8O6. The minimum absolute atomic E-state index is 0.0691. The van der Waals surface area contributed by atoms with Gasteiger partial charge in [-0.05, 0) is 88.1 Å². The van der Waals surface area contributed by atoms with Crippen molar-refractivity contribution in [1.82, 2.24) is 29.7 Å². The molecule has 6 atom stereocenters. The fraction of sp³-hybridized carbons (Fsp3) is 0.706. The van der Waals surface area contributed by atoms with Crippen LogP contribution in [-0.4, -0.2) is 83.3 Å². The van der Waals surface area contributed by atoms with Crippen molar-refractivity contribution >= 4 is 23.8 Å². The predicted octanol–water partition coefficient (Wildman–Crippen LogP) is 1.21. The summed E-state index contributed by atoms with van der Waals surface area (Å²) in [6.45, 7) is 2.80. The maximum absolute atomic E-state index is 12.4. The molecule has 48 heavy (non-hydrogen) atoms.